The Labute approximate surface area is 198 Å². The summed E-state index contributed by atoms with van der Waals surface area (Å²) in [4.78, 5) is 29.8. The van der Waals surface area contributed by atoms with E-state index in [4.69, 9.17) is 19.2 Å². The molecule has 7 nitrogen and oxygen atoms in total. The molecule has 1 aromatic heterocycles. The summed E-state index contributed by atoms with van der Waals surface area (Å²) in [5.41, 5.74) is 3.00. The molecular weight excluding hydrogens is 440 g/mol. The van der Waals surface area contributed by atoms with E-state index in [2.05, 4.69) is 12.1 Å². The number of hydrogen-bond acceptors (Lipinski definition) is 7. The molecule has 1 heterocycles. The molecule has 0 aliphatic heterocycles. The van der Waals surface area contributed by atoms with E-state index < -0.39 is 5.97 Å². The summed E-state index contributed by atoms with van der Waals surface area (Å²) in [6.45, 7) is 5.71. The molecule has 0 bridgehead atoms. The molecule has 0 amide bonds. The van der Waals surface area contributed by atoms with Crippen LogP contribution in [0.15, 0.2) is 46.3 Å². The van der Waals surface area contributed by atoms with Crippen molar-refractivity contribution in [1.29, 1.82) is 0 Å². The number of carbonyl (C=O) groups is 1. The average Bonchev–Trinajstić information content (AvgIpc) is 2.82. The van der Waals surface area contributed by atoms with Crippen molar-refractivity contribution in [3.05, 3.63) is 63.4 Å². The van der Waals surface area contributed by atoms with Gasteiger partial charge in [-0.05, 0) is 62.1 Å². The van der Waals surface area contributed by atoms with Crippen molar-refractivity contribution in [3.63, 3.8) is 0 Å². The third-order valence-corrected chi connectivity index (χ3v) is 6.26. The first-order valence-corrected chi connectivity index (χ1v) is 11.9. The van der Waals surface area contributed by atoms with Crippen molar-refractivity contribution in [2.75, 3.05) is 33.2 Å². The lowest BCUT2D eigenvalue weighted by Crippen LogP contribution is -2.24. The Morgan fingerprint density at radius 1 is 1.06 bits per heavy atom. The van der Waals surface area contributed by atoms with Crippen LogP contribution in [0.25, 0.3) is 10.9 Å². The number of aromatic nitrogens is 2. The zero-order chi connectivity index (χ0) is 23.8. The molecule has 176 valence electrons. The first-order valence-electron chi connectivity index (χ1n) is 10.9. The van der Waals surface area contributed by atoms with Gasteiger partial charge in [0.05, 0.1) is 30.2 Å². The molecular formula is C25H30N2O5S. The molecule has 0 spiro atoms. The summed E-state index contributed by atoms with van der Waals surface area (Å²) in [6, 6.07) is 11.0. The Hall–Kier alpha value is -2.84. The number of carbonyl (C=O) groups excluding carboxylic acids is 1. The van der Waals surface area contributed by atoms with Gasteiger partial charge in [-0.15, -0.1) is 0 Å². The smallest absolute Gasteiger partial charge is 0.337 e. The van der Waals surface area contributed by atoms with Crippen LogP contribution in [0.3, 0.4) is 0 Å². The van der Waals surface area contributed by atoms with E-state index >= 15 is 0 Å². The van der Waals surface area contributed by atoms with Crippen LogP contribution in [0.5, 0.6) is 5.75 Å². The van der Waals surface area contributed by atoms with Gasteiger partial charge >= 0.3 is 5.97 Å². The molecule has 33 heavy (non-hydrogen) atoms. The summed E-state index contributed by atoms with van der Waals surface area (Å²) in [6.07, 6.45) is 1.50. The first kappa shape index (κ1) is 24.8. The zero-order valence-electron chi connectivity index (χ0n) is 19.6. The van der Waals surface area contributed by atoms with E-state index in [-0.39, 0.29) is 5.56 Å². The van der Waals surface area contributed by atoms with Crippen LogP contribution >= 0.6 is 11.8 Å². The van der Waals surface area contributed by atoms with Crippen LogP contribution in [0, 0.1) is 13.8 Å². The largest absolute Gasteiger partial charge is 0.493 e. The third kappa shape index (κ3) is 6.36. The van der Waals surface area contributed by atoms with Crippen LogP contribution < -0.4 is 10.3 Å². The molecule has 0 aliphatic rings. The fourth-order valence-corrected chi connectivity index (χ4v) is 4.32. The standard InChI is InChI=1S/C25H30N2O5S/c1-17-7-8-18(2)22(15-17)32-13-6-14-33-25-26-21-16-19(24(29)31-4)9-10-20(21)23(28)27(25)11-5-12-30-3/h7-10,15-16H,5-6,11-14H2,1-4H3. The number of thioether (sulfide) groups is 1. The van der Waals surface area contributed by atoms with Crippen molar-refractivity contribution in [3.8, 4) is 5.75 Å². The number of hydrogen-bond donors (Lipinski definition) is 0. The minimum absolute atomic E-state index is 0.123. The summed E-state index contributed by atoms with van der Waals surface area (Å²) in [5.74, 6) is 1.18. The second-order valence-corrected chi connectivity index (χ2v) is 8.80. The highest BCUT2D eigenvalue weighted by Crippen LogP contribution is 2.22. The summed E-state index contributed by atoms with van der Waals surface area (Å²) < 4.78 is 17.6. The number of methoxy groups -OCH3 is 2. The quantitative estimate of drug-likeness (QED) is 0.178. The fourth-order valence-electron chi connectivity index (χ4n) is 3.39. The van der Waals surface area contributed by atoms with E-state index in [9.17, 15) is 9.59 Å². The highest BCUT2D eigenvalue weighted by atomic mass is 32.2. The minimum atomic E-state index is -0.458. The predicted molar refractivity (Wildman–Crippen MR) is 131 cm³/mol. The van der Waals surface area contributed by atoms with Gasteiger partial charge in [-0.1, -0.05) is 23.9 Å². The van der Waals surface area contributed by atoms with Crippen LogP contribution in [0.1, 0.15) is 34.3 Å². The molecule has 0 fully saturated rings. The molecule has 0 atom stereocenters. The van der Waals surface area contributed by atoms with Crippen LogP contribution in [-0.2, 0) is 16.0 Å². The number of rotatable bonds is 11. The van der Waals surface area contributed by atoms with Gasteiger partial charge in [0.2, 0.25) is 0 Å². The van der Waals surface area contributed by atoms with Crippen molar-refractivity contribution in [1.82, 2.24) is 9.55 Å². The molecule has 0 saturated carbocycles. The van der Waals surface area contributed by atoms with Gasteiger partial charge in [0.15, 0.2) is 5.16 Å². The monoisotopic (exact) mass is 470 g/mol. The Balaban J connectivity index is 1.76. The number of fused-ring (bicyclic) bond motifs is 1. The van der Waals surface area contributed by atoms with Crippen LogP contribution in [0.2, 0.25) is 0 Å². The summed E-state index contributed by atoms with van der Waals surface area (Å²) >= 11 is 1.51. The summed E-state index contributed by atoms with van der Waals surface area (Å²) in [7, 11) is 2.97. The van der Waals surface area contributed by atoms with Gasteiger partial charge in [0.1, 0.15) is 5.75 Å². The maximum absolute atomic E-state index is 13.2. The van der Waals surface area contributed by atoms with Gasteiger partial charge < -0.3 is 14.2 Å². The van der Waals surface area contributed by atoms with Crippen molar-refractivity contribution >= 4 is 28.6 Å². The van der Waals surface area contributed by atoms with Gasteiger partial charge in [0.25, 0.3) is 5.56 Å². The average molecular weight is 471 g/mol. The Kier molecular flexibility index (Phi) is 8.91. The number of nitrogens with zero attached hydrogens (tertiary/aromatic N) is 2. The molecule has 0 N–H and O–H groups in total. The fraction of sp³-hybridized carbons (Fsp3) is 0.400. The predicted octanol–water partition coefficient (Wildman–Crippen LogP) is 4.40. The molecule has 2 aromatic carbocycles. The van der Waals surface area contributed by atoms with Crippen LogP contribution in [-0.4, -0.2) is 48.7 Å². The second-order valence-electron chi connectivity index (χ2n) is 7.74. The molecule has 3 rings (SSSR count). The van der Waals surface area contributed by atoms with E-state index in [1.165, 1.54) is 18.9 Å². The van der Waals surface area contributed by atoms with Crippen molar-refractivity contribution in [2.45, 2.75) is 38.4 Å². The lowest BCUT2D eigenvalue weighted by atomic mass is 10.1. The van der Waals surface area contributed by atoms with Gasteiger partial charge in [-0.25, -0.2) is 9.78 Å². The lowest BCUT2D eigenvalue weighted by molar-refractivity contribution is 0.0601. The maximum Gasteiger partial charge on any atom is 0.337 e. The first-order chi connectivity index (χ1) is 15.9. The number of benzene rings is 2. The van der Waals surface area contributed by atoms with E-state index in [0.29, 0.717) is 47.8 Å². The van der Waals surface area contributed by atoms with E-state index in [0.717, 1.165) is 29.1 Å². The molecule has 3 aromatic rings. The molecule has 0 saturated heterocycles. The van der Waals surface area contributed by atoms with Gasteiger partial charge in [-0.2, -0.15) is 0 Å². The number of aryl methyl sites for hydroxylation is 2. The molecule has 0 unspecified atom stereocenters. The number of esters is 1. The van der Waals surface area contributed by atoms with Gasteiger partial charge in [0, 0.05) is 26.0 Å². The molecule has 0 radical (unpaired) electrons. The van der Waals surface area contributed by atoms with E-state index in [1.54, 1.807) is 29.9 Å². The second kappa shape index (κ2) is 11.9. The highest BCUT2D eigenvalue weighted by molar-refractivity contribution is 7.99. The molecule has 0 aliphatic carbocycles. The van der Waals surface area contributed by atoms with E-state index in [1.807, 2.05) is 19.9 Å². The topological polar surface area (TPSA) is 79.7 Å². The molecule has 8 heteroatoms. The Morgan fingerprint density at radius 2 is 1.88 bits per heavy atom. The normalized spacial score (nSPS) is 11.0. The minimum Gasteiger partial charge on any atom is -0.493 e. The SMILES string of the molecule is COCCCn1c(SCCCOc2cc(C)ccc2C)nc2cc(C(=O)OC)ccc2c1=O. The van der Waals surface area contributed by atoms with Crippen molar-refractivity contribution in [2.24, 2.45) is 0 Å². The highest BCUT2D eigenvalue weighted by Gasteiger charge is 2.14. The van der Waals surface area contributed by atoms with Gasteiger partial charge in [-0.3, -0.25) is 9.36 Å². The Morgan fingerprint density at radius 3 is 2.64 bits per heavy atom. The Bertz CT molecular complexity index is 1180. The van der Waals surface area contributed by atoms with Crippen LogP contribution in [0.4, 0.5) is 0 Å². The zero-order valence-corrected chi connectivity index (χ0v) is 20.4. The third-order valence-electron chi connectivity index (χ3n) is 5.19. The van der Waals surface area contributed by atoms with Crippen molar-refractivity contribution < 1.29 is 19.0 Å². The lowest BCUT2D eigenvalue weighted by Gasteiger charge is -2.14. The number of ether oxygens (including phenoxy) is 3. The summed E-state index contributed by atoms with van der Waals surface area (Å²) in [5, 5.41) is 1.10. The maximum atomic E-state index is 13.2.